The molecule has 3 nitrogen and oxygen atoms in total. The van der Waals surface area contributed by atoms with Gasteiger partial charge in [0.15, 0.2) is 5.69 Å². The molecular weight excluding hydrogens is 210 g/mol. The molecule has 1 aromatic heterocycles. The van der Waals surface area contributed by atoms with Gasteiger partial charge in [-0.3, -0.25) is 5.10 Å². The first kappa shape index (κ1) is 10.3. The number of aryl methyl sites for hydroxylation is 2. The Morgan fingerprint density at radius 1 is 1.53 bits per heavy atom. The highest BCUT2D eigenvalue weighted by Gasteiger charge is 2.22. The molecule has 0 spiro atoms. The number of aromatic amines is 1. The van der Waals surface area contributed by atoms with Gasteiger partial charge in [0.1, 0.15) is 6.07 Å². The maximum atomic E-state index is 9.09. The predicted octanol–water partition coefficient (Wildman–Crippen LogP) is 3.18. The monoisotopic (exact) mass is 225 g/mol. The number of nitrogens with one attached hydrogen (secondary N) is 1. The average Bonchev–Trinajstić information content (AvgIpc) is 2.72. The van der Waals surface area contributed by atoms with Gasteiger partial charge in [0, 0.05) is 5.39 Å². The Morgan fingerprint density at radius 3 is 3.12 bits per heavy atom. The van der Waals surface area contributed by atoms with Crippen LogP contribution in [0.5, 0.6) is 0 Å². The number of rotatable bonds is 0. The first-order chi connectivity index (χ1) is 8.22. The van der Waals surface area contributed by atoms with Crippen LogP contribution in [-0.2, 0) is 6.42 Å². The molecule has 0 saturated heterocycles. The fourth-order valence-electron chi connectivity index (χ4n) is 3.18. The van der Waals surface area contributed by atoms with Crippen molar-refractivity contribution in [1.29, 1.82) is 5.26 Å². The van der Waals surface area contributed by atoms with Crippen LogP contribution in [0, 0.1) is 18.3 Å². The quantitative estimate of drug-likeness (QED) is 0.748. The minimum absolute atomic E-state index is 0.526. The van der Waals surface area contributed by atoms with Gasteiger partial charge in [-0.2, -0.15) is 10.4 Å². The molecule has 0 bridgehead atoms. The molecule has 1 aliphatic carbocycles. The summed E-state index contributed by atoms with van der Waals surface area (Å²) in [6, 6.07) is 4.35. The Balaban J connectivity index is 2.39. The molecule has 1 N–H and O–H groups in total. The Labute approximate surface area is 100 Å². The molecule has 0 saturated carbocycles. The molecule has 1 heterocycles. The van der Waals surface area contributed by atoms with Gasteiger partial charge < -0.3 is 0 Å². The van der Waals surface area contributed by atoms with Crippen LogP contribution in [0.1, 0.15) is 48.1 Å². The third kappa shape index (κ3) is 1.37. The van der Waals surface area contributed by atoms with Crippen LogP contribution < -0.4 is 0 Å². The van der Waals surface area contributed by atoms with Gasteiger partial charge in [-0.25, -0.2) is 0 Å². The number of hydrogen-bond donors (Lipinski definition) is 1. The van der Waals surface area contributed by atoms with Crippen molar-refractivity contribution in [3.63, 3.8) is 0 Å². The zero-order valence-corrected chi connectivity index (χ0v) is 10.2. The number of nitriles is 1. The topological polar surface area (TPSA) is 52.5 Å². The minimum atomic E-state index is 0.526. The summed E-state index contributed by atoms with van der Waals surface area (Å²) in [5.41, 5.74) is 5.66. The fourth-order valence-corrected chi connectivity index (χ4v) is 3.18. The molecule has 2 aromatic rings. The van der Waals surface area contributed by atoms with Gasteiger partial charge in [0.25, 0.3) is 0 Å². The Kier molecular flexibility index (Phi) is 2.19. The van der Waals surface area contributed by atoms with Crippen molar-refractivity contribution in [1.82, 2.24) is 10.2 Å². The van der Waals surface area contributed by atoms with Crippen LogP contribution in [0.4, 0.5) is 0 Å². The molecule has 0 amide bonds. The zero-order valence-electron chi connectivity index (χ0n) is 10.2. The predicted molar refractivity (Wildman–Crippen MR) is 66.9 cm³/mol. The Hall–Kier alpha value is -1.82. The summed E-state index contributed by atoms with van der Waals surface area (Å²) in [6.45, 7) is 4.41. The zero-order chi connectivity index (χ0) is 12.0. The summed E-state index contributed by atoms with van der Waals surface area (Å²) < 4.78 is 0. The van der Waals surface area contributed by atoms with Crippen molar-refractivity contribution in [3.05, 3.63) is 28.5 Å². The summed E-state index contributed by atoms with van der Waals surface area (Å²) >= 11 is 0. The molecule has 0 radical (unpaired) electrons. The lowest BCUT2D eigenvalue weighted by atomic mass is 9.80. The highest BCUT2D eigenvalue weighted by molar-refractivity contribution is 5.89. The number of H-pyrrole nitrogens is 1. The van der Waals surface area contributed by atoms with Crippen LogP contribution in [0.3, 0.4) is 0 Å². The molecule has 17 heavy (non-hydrogen) atoms. The first-order valence-corrected chi connectivity index (χ1v) is 6.13. The van der Waals surface area contributed by atoms with E-state index in [-0.39, 0.29) is 0 Å². The smallest absolute Gasteiger partial charge is 0.170 e. The molecular formula is C14H15N3. The second-order valence-electron chi connectivity index (χ2n) is 4.97. The number of hydrogen-bond acceptors (Lipinski definition) is 2. The second-order valence-corrected chi connectivity index (χ2v) is 4.97. The van der Waals surface area contributed by atoms with Crippen LogP contribution in [0.2, 0.25) is 0 Å². The molecule has 1 unspecified atom stereocenters. The van der Waals surface area contributed by atoms with E-state index >= 15 is 0 Å². The van der Waals surface area contributed by atoms with Gasteiger partial charge in [-0.05, 0) is 54.9 Å². The second kappa shape index (κ2) is 3.59. The number of fused-ring (bicyclic) bond motifs is 2. The van der Waals surface area contributed by atoms with E-state index in [1.165, 1.54) is 29.5 Å². The van der Waals surface area contributed by atoms with Crippen LogP contribution in [0.15, 0.2) is 6.07 Å². The highest BCUT2D eigenvalue weighted by atomic mass is 15.1. The van der Waals surface area contributed by atoms with Gasteiger partial charge in [-0.1, -0.05) is 6.92 Å². The van der Waals surface area contributed by atoms with E-state index in [9.17, 15) is 0 Å². The molecule has 1 atom stereocenters. The van der Waals surface area contributed by atoms with Crippen molar-refractivity contribution in [3.8, 4) is 6.07 Å². The van der Waals surface area contributed by atoms with Crippen LogP contribution >= 0.6 is 0 Å². The Morgan fingerprint density at radius 2 is 2.35 bits per heavy atom. The molecule has 1 aromatic carbocycles. The van der Waals surface area contributed by atoms with E-state index in [1.807, 2.05) is 0 Å². The largest absolute Gasteiger partial charge is 0.276 e. The number of benzene rings is 1. The van der Waals surface area contributed by atoms with Crippen molar-refractivity contribution in [2.24, 2.45) is 0 Å². The summed E-state index contributed by atoms with van der Waals surface area (Å²) in [7, 11) is 0. The summed E-state index contributed by atoms with van der Waals surface area (Å²) in [6.07, 6.45) is 3.66. The SMILES string of the molecule is Cc1c2c(cc3[nH]nc(C#N)c13)CCCC2C. The molecule has 3 heteroatoms. The fraction of sp³-hybridized carbons (Fsp3) is 0.429. The van der Waals surface area contributed by atoms with E-state index in [4.69, 9.17) is 5.26 Å². The van der Waals surface area contributed by atoms with Crippen LogP contribution in [0.25, 0.3) is 10.9 Å². The number of nitrogens with zero attached hydrogens (tertiary/aromatic N) is 2. The summed E-state index contributed by atoms with van der Waals surface area (Å²) in [5, 5.41) is 17.2. The lowest BCUT2D eigenvalue weighted by Gasteiger charge is -2.24. The first-order valence-electron chi connectivity index (χ1n) is 6.13. The highest BCUT2D eigenvalue weighted by Crippen LogP contribution is 2.37. The third-order valence-corrected chi connectivity index (χ3v) is 3.92. The van der Waals surface area contributed by atoms with E-state index in [0.717, 1.165) is 17.3 Å². The molecule has 86 valence electrons. The molecule has 0 fully saturated rings. The van der Waals surface area contributed by atoms with Gasteiger partial charge in [-0.15, -0.1) is 0 Å². The molecule has 1 aliphatic rings. The van der Waals surface area contributed by atoms with E-state index in [2.05, 4.69) is 36.2 Å². The maximum absolute atomic E-state index is 9.09. The number of aromatic nitrogens is 2. The van der Waals surface area contributed by atoms with Gasteiger partial charge in [0.05, 0.1) is 5.52 Å². The molecule has 3 rings (SSSR count). The van der Waals surface area contributed by atoms with E-state index in [0.29, 0.717) is 11.6 Å². The van der Waals surface area contributed by atoms with Gasteiger partial charge >= 0.3 is 0 Å². The normalized spacial score (nSPS) is 19.0. The maximum Gasteiger partial charge on any atom is 0.170 e. The average molecular weight is 225 g/mol. The van der Waals surface area contributed by atoms with Crippen molar-refractivity contribution >= 4 is 10.9 Å². The van der Waals surface area contributed by atoms with E-state index in [1.54, 1.807) is 0 Å². The van der Waals surface area contributed by atoms with Crippen LogP contribution in [-0.4, -0.2) is 10.2 Å². The van der Waals surface area contributed by atoms with Crippen molar-refractivity contribution in [2.45, 2.75) is 39.0 Å². The Bertz CT molecular complexity index is 631. The van der Waals surface area contributed by atoms with E-state index < -0.39 is 0 Å². The van der Waals surface area contributed by atoms with Crippen molar-refractivity contribution in [2.75, 3.05) is 0 Å². The lowest BCUT2D eigenvalue weighted by Crippen LogP contribution is -2.09. The molecule has 0 aliphatic heterocycles. The minimum Gasteiger partial charge on any atom is -0.276 e. The standard InChI is InChI=1S/C14H15N3/c1-8-4-3-5-10-6-11-14(9(2)13(8)10)12(7-15)17-16-11/h6,8H,3-5H2,1-2H3,(H,16,17). The third-order valence-electron chi connectivity index (χ3n) is 3.92. The summed E-state index contributed by atoms with van der Waals surface area (Å²) in [4.78, 5) is 0. The lowest BCUT2D eigenvalue weighted by molar-refractivity contribution is 0.588. The van der Waals surface area contributed by atoms with Gasteiger partial charge in [0.2, 0.25) is 0 Å². The summed E-state index contributed by atoms with van der Waals surface area (Å²) in [5.74, 6) is 0.601. The van der Waals surface area contributed by atoms with Crippen molar-refractivity contribution < 1.29 is 0 Å².